The summed E-state index contributed by atoms with van der Waals surface area (Å²) in [6, 6.07) is 4.74. The molecule has 0 spiro atoms. The van der Waals surface area contributed by atoms with E-state index in [1.165, 1.54) is 13.0 Å². The summed E-state index contributed by atoms with van der Waals surface area (Å²) in [5, 5.41) is 2.52. The predicted molar refractivity (Wildman–Crippen MR) is 52.7 cm³/mol. The van der Waals surface area contributed by atoms with E-state index in [9.17, 15) is 13.6 Å². The van der Waals surface area contributed by atoms with Gasteiger partial charge < -0.3 is 9.87 Å². The van der Waals surface area contributed by atoms with E-state index in [1.807, 2.05) is 0 Å². The van der Waals surface area contributed by atoms with Crippen LogP contribution in [0.4, 0.5) is 5.69 Å². The standard InChI is InChI=1S/C9H11NO3S.Na/c1-6-3-4-8(10-7(2)11)5-9(6)14(12)13;/h3-5H,1-2H3,(H,10,11)(H,12,13);/q;+1/p-1. The fourth-order valence-electron chi connectivity index (χ4n) is 1.06. The van der Waals surface area contributed by atoms with Gasteiger partial charge >= 0.3 is 29.6 Å². The molecule has 0 aliphatic carbocycles. The molecule has 0 aliphatic rings. The first-order chi connectivity index (χ1) is 6.50. The predicted octanol–water partition coefficient (Wildman–Crippen LogP) is -1.80. The molecule has 1 rings (SSSR count). The Morgan fingerprint density at radius 2 is 2.07 bits per heavy atom. The fourth-order valence-corrected chi connectivity index (χ4v) is 1.61. The zero-order valence-corrected chi connectivity index (χ0v) is 11.7. The van der Waals surface area contributed by atoms with Crippen molar-refractivity contribution in [1.29, 1.82) is 0 Å². The summed E-state index contributed by atoms with van der Waals surface area (Å²) in [4.78, 5) is 10.9. The first kappa shape index (κ1) is 14.8. The molecule has 15 heavy (non-hydrogen) atoms. The Balaban J connectivity index is 0.00000196. The van der Waals surface area contributed by atoms with Crippen molar-refractivity contribution in [2.75, 3.05) is 5.32 Å². The first-order valence-electron chi connectivity index (χ1n) is 3.98. The summed E-state index contributed by atoms with van der Waals surface area (Å²) in [7, 11) is 0. The molecule has 1 aromatic carbocycles. The number of carbonyl (C=O) groups is 1. The molecule has 0 radical (unpaired) electrons. The van der Waals surface area contributed by atoms with Crippen LogP contribution in [0, 0.1) is 6.92 Å². The zero-order valence-electron chi connectivity index (χ0n) is 8.87. The van der Waals surface area contributed by atoms with Crippen LogP contribution in [-0.4, -0.2) is 14.7 Å². The van der Waals surface area contributed by atoms with Crippen molar-refractivity contribution in [3.63, 3.8) is 0 Å². The Labute approximate surface area is 113 Å². The van der Waals surface area contributed by atoms with E-state index in [4.69, 9.17) is 0 Å². The van der Waals surface area contributed by atoms with Gasteiger partial charge in [-0.05, 0) is 35.7 Å². The molecule has 6 heteroatoms. The number of nitrogens with one attached hydrogen (secondary N) is 1. The third kappa shape index (κ3) is 4.44. The van der Waals surface area contributed by atoms with Gasteiger partial charge in [0.15, 0.2) is 0 Å². The maximum absolute atomic E-state index is 10.7. The molecule has 0 saturated carbocycles. The minimum atomic E-state index is -2.27. The van der Waals surface area contributed by atoms with Crippen LogP contribution in [0.2, 0.25) is 0 Å². The fraction of sp³-hybridized carbons (Fsp3) is 0.222. The Morgan fingerprint density at radius 3 is 2.53 bits per heavy atom. The summed E-state index contributed by atoms with van der Waals surface area (Å²) >= 11 is -2.27. The van der Waals surface area contributed by atoms with Crippen LogP contribution in [0.5, 0.6) is 0 Å². The van der Waals surface area contributed by atoms with E-state index >= 15 is 0 Å². The normalized spacial score (nSPS) is 11.4. The van der Waals surface area contributed by atoms with Crippen molar-refractivity contribution in [2.45, 2.75) is 18.7 Å². The molecule has 1 N–H and O–H groups in total. The van der Waals surface area contributed by atoms with Gasteiger partial charge in [0.25, 0.3) is 0 Å². The number of rotatable bonds is 2. The van der Waals surface area contributed by atoms with E-state index < -0.39 is 11.1 Å². The Morgan fingerprint density at radius 1 is 1.47 bits per heavy atom. The molecule has 1 aromatic rings. The molecule has 0 saturated heterocycles. The molecule has 0 bridgehead atoms. The molecular formula is C9H10NNaO3S. The largest absolute Gasteiger partial charge is 1.00 e. The van der Waals surface area contributed by atoms with E-state index in [0.29, 0.717) is 11.3 Å². The molecule has 0 aromatic heterocycles. The van der Waals surface area contributed by atoms with Gasteiger partial charge in [-0.1, -0.05) is 6.07 Å². The molecule has 0 heterocycles. The van der Waals surface area contributed by atoms with Crippen molar-refractivity contribution in [3.8, 4) is 0 Å². The molecule has 1 unspecified atom stereocenters. The maximum atomic E-state index is 10.7. The second-order valence-corrected chi connectivity index (χ2v) is 3.81. The third-order valence-corrected chi connectivity index (χ3v) is 2.49. The van der Waals surface area contributed by atoms with Crippen molar-refractivity contribution in [3.05, 3.63) is 23.8 Å². The summed E-state index contributed by atoms with van der Waals surface area (Å²) in [6.45, 7) is 3.07. The number of hydrogen-bond acceptors (Lipinski definition) is 3. The quantitative estimate of drug-likeness (QED) is 0.485. The molecule has 1 atom stereocenters. The van der Waals surface area contributed by atoms with Crippen LogP contribution in [0.15, 0.2) is 23.1 Å². The van der Waals surface area contributed by atoms with Crippen LogP contribution in [0.3, 0.4) is 0 Å². The van der Waals surface area contributed by atoms with Crippen molar-refractivity contribution in [2.24, 2.45) is 0 Å². The van der Waals surface area contributed by atoms with E-state index in [1.54, 1.807) is 19.1 Å². The average Bonchev–Trinajstić information content (AvgIpc) is 2.07. The van der Waals surface area contributed by atoms with Crippen molar-refractivity contribution in [1.82, 2.24) is 0 Å². The van der Waals surface area contributed by atoms with Crippen LogP contribution in [-0.2, 0) is 15.9 Å². The molecule has 4 nitrogen and oxygen atoms in total. The van der Waals surface area contributed by atoms with Gasteiger partial charge in [0.05, 0.1) is 0 Å². The minimum absolute atomic E-state index is 0. The first-order valence-corrected chi connectivity index (χ1v) is 5.05. The SMILES string of the molecule is CC(=O)Nc1ccc(C)c(S(=O)[O-])c1.[Na+]. The van der Waals surface area contributed by atoms with Gasteiger partial charge in [0.2, 0.25) is 5.91 Å². The van der Waals surface area contributed by atoms with E-state index in [2.05, 4.69) is 5.32 Å². The van der Waals surface area contributed by atoms with E-state index in [-0.39, 0.29) is 40.4 Å². The molecule has 0 aliphatic heterocycles. The Bertz CT molecular complexity index is 395. The van der Waals surface area contributed by atoms with Crippen LogP contribution < -0.4 is 34.9 Å². The molecular weight excluding hydrogens is 225 g/mol. The maximum Gasteiger partial charge on any atom is 1.00 e. The van der Waals surface area contributed by atoms with E-state index in [0.717, 1.165) is 0 Å². The average molecular weight is 235 g/mol. The summed E-state index contributed by atoms with van der Waals surface area (Å²) in [6.07, 6.45) is 0. The third-order valence-electron chi connectivity index (χ3n) is 1.69. The van der Waals surface area contributed by atoms with Gasteiger partial charge in [-0.3, -0.25) is 9.00 Å². The molecule has 0 fully saturated rings. The number of aryl methyl sites for hydroxylation is 1. The van der Waals surface area contributed by atoms with Gasteiger partial charge in [-0.2, -0.15) is 0 Å². The Hall–Kier alpha value is -0.200. The number of carbonyl (C=O) groups excluding carboxylic acids is 1. The minimum Gasteiger partial charge on any atom is -0.768 e. The topological polar surface area (TPSA) is 69.2 Å². The number of amides is 1. The molecule has 1 amide bonds. The number of benzene rings is 1. The summed E-state index contributed by atoms with van der Waals surface area (Å²) in [5.74, 6) is -0.225. The van der Waals surface area contributed by atoms with Gasteiger partial charge in [-0.25, -0.2) is 0 Å². The monoisotopic (exact) mass is 235 g/mol. The number of hydrogen-bond donors (Lipinski definition) is 1. The molecule has 76 valence electrons. The van der Waals surface area contributed by atoms with Crippen LogP contribution in [0.1, 0.15) is 12.5 Å². The van der Waals surface area contributed by atoms with Gasteiger partial charge in [0, 0.05) is 17.5 Å². The van der Waals surface area contributed by atoms with Gasteiger partial charge in [-0.15, -0.1) is 0 Å². The van der Waals surface area contributed by atoms with Crippen LogP contribution >= 0.6 is 0 Å². The summed E-state index contributed by atoms with van der Waals surface area (Å²) in [5.41, 5.74) is 1.15. The van der Waals surface area contributed by atoms with Crippen LogP contribution in [0.25, 0.3) is 0 Å². The smallest absolute Gasteiger partial charge is 0.768 e. The van der Waals surface area contributed by atoms with Crippen molar-refractivity contribution < 1.29 is 43.1 Å². The van der Waals surface area contributed by atoms with Gasteiger partial charge in [0.1, 0.15) is 0 Å². The second kappa shape index (κ2) is 6.40. The zero-order chi connectivity index (χ0) is 10.7. The number of anilines is 1. The van der Waals surface area contributed by atoms with Crippen molar-refractivity contribution >= 4 is 22.7 Å². The second-order valence-electron chi connectivity index (χ2n) is 2.90. The Kier molecular flexibility index (Phi) is 6.31. The summed E-state index contributed by atoms with van der Waals surface area (Å²) < 4.78 is 21.5.